The van der Waals surface area contributed by atoms with Gasteiger partial charge in [0.15, 0.2) is 0 Å². The SMILES string of the molecule is CCS(=O)(=O)NCCN(C(C)=O)c1ccccc1C(F)(F)F. The van der Waals surface area contributed by atoms with Crippen LogP contribution in [0.15, 0.2) is 24.3 Å². The zero-order valence-corrected chi connectivity index (χ0v) is 13.0. The van der Waals surface area contributed by atoms with E-state index in [1.807, 2.05) is 0 Å². The largest absolute Gasteiger partial charge is 0.418 e. The van der Waals surface area contributed by atoms with Crippen molar-refractivity contribution in [3.63, 3.8) is 0 Å². The number of para-hydroxylation sites is 1. The number of benzene rings is 1. The molecule has 0 aromatic heterocycles. The van der Waals surface area contributed by atoms with Crippen molar-refractivity contribution in [1.29, 1.82) is 0 Å². The van der Waals surface area contributed by atoms with Crippen LogP contribution in [0.1, 0.15) is 19.4 Å². The lowest BCUT2D eigenvalue weighted by molar-refractivity contribution is -0.137. The predicted octanol–water partition coefficient (Wildman–Crippen LogP) is 2.00. The summed E-state index contributed by atoms with van der Waals surface area (Å²) >= 11 is 0. The van der Waals surface area contributed by atoms with Crippen LogP contribution in [0.4, 0.5) is 18.9 Å². The normalized spacial score (nSPS) is 12.2. The van der Waals surface area contributed by atoms with Crippen molar-refractivity contribution in [2.75, 3.05) is 23.7 Å². The van der Waals surface area contributed by atoms with Gasteiger partial charge in [0.1, 0.15) is 0 Å². The van der Waals surface area contributed by atoms with Crippen LogP contribution in [0.3, 0.4) is 0 Å². The van der Waals surface area contributed by atoms with Crippen LogP contribution in [-0.4, -0.2) is 33.2 Å². The molecule has 1 aromatic carbocycles. The second-order valence-electron chi connectivity index (χ2n) is 4.48. The number of amides is 1. The van der Waals surface area contributed by atoms with Crippen LogP contribution < -0.4 is 9.62 Å². The predicted molar refractivity (Wildman–Crippen MR) is 76.9 cm³/mol. The van der Waals surface area contributed by atoms with E-state index in [1.165, 1.54) is 25.1 Å². The van der Waals surface area contributed by atoms with Gasteiger partial charge in [-0.25, -0.2) is 13.1 Å². The number of sulfonamides is 1. The van der Waals surface area contributed by atoms with Crippen molar-refractivity contribution < 1.29 is 26.4 Å². The van der Waals surface area contributed by atoms with Crippen molar-refractivity contribution in [3.8, 4) is 0 Å². The standard InChI is InChI=1S/C13H17F3N2O3S/c1-3-22(20,21)17-8-9-18(10(2)19)12-7-5-4-6-11(12)13(14,15)16/h4-7,17H,3,8-9H2,1-2H3. The van der Waals surface area contributed by atoms with Crippen molar-refractivity contribution in [2.24, 2.45) is 0 Å². The Bertz CT molecular complexity index is 630. The number of carbonyl (C=O) groups excluding carboxylic acids is 1. The number of nitrogens with zero attached hydrogens (tertiary/aromatic N) is 1. The minimum absolute atomic E-state index is 0.147. The maximum atomic E-state index is 13.0. The molecule has 0 radical (unpaired) electrons. The summed E-state index contributed by atoms with van der Waals surface area (Å²) in [6.45, 7) is 2.20. The van der Waals surface area contributed by atoms with Crippen LogP contribution in [0.25, 0.3) is 0 Å². The summed E-state index contributed by atoms with van der Waals surface area (Å²) in [5.41, 5.74) is -1.23. The third-order valence-corrected chi connectivity index (χ3v) is 4.32. The van der Waals surface area contributed by atoms with Crippen LogP contribution >= 0.6 is 0 Å². The van der Waals surface area contributed by atoms with Crippen molar-refractivity contribution in [3.05, 3.63) is 29.8 Å². The molecule has 0 heterocycles. The second kappa shape index (κ2) is 7.10. The van der Waals surface area contributed by atoms with E-state index in [9.17, 15) is 26.4 Å². The van der Waals surface area contributed by atoms with Crippen LogP contribution in [0.2, 0.25) is 0 Å². The van der Waals surface area contributed by atoms with E-state index in [-0.39, 0.29) is 24.5 Å². The number of anilines is 1. The van der Waals surface area contributed by atoms with Gasteiger partial charge in [0, 0.05) is 20.0 Å². The van der Waals surface area contributed by atoms with Crippen molar-refractivity contribution in [1.82, 2.24) is 4.72 Å². The fourth-order valence-electron chi connectivity index (χ4n) is 1.81. The summed E-state index contributed by atoms with van der Waals surface area (Å²) in [7, 11) is -3.47. The number of carbonyl (C=O) groups is 1. The monoisotopic (exact) mass is 338 g/mol. The molecular weight excluding hydrogens is 321 g/mol. The zero-order chi connectivity index (χ0) is 17.0. The maximum absolute atomic E-state index is 13.0. The summed E-state index contributed by atoms with van der Waals surface area (Å²) in [6, 6.07) is 4.67. The molecule has 1 rings (SSSR count). The Hall–Kier alpha value is -1.61. The highest BCUT2D eigenvalue weighted by atomic mass is 32.2. The number of alkyl halides is 3. The Morgan fingerprint density at radius 2 is 1.86 bits per heavy atom. The molecule has 5 nitrogen and oxygen atoms in total. The minimum Gasteiger partial charge on any atom is -0.311 e. The van der Waals surface area contributed by atoms with Gasteiger partial charge in [-0.15, -0.1) is 0 Å². The first-order valence-corrected chi connectivity index (χ1v) is 8.15. The number of rotatable bonds is 6. The van der Waals surface area contributed by atoms with Crippen molar-refractivity contribution >= 4 is 21.6 Å². The summed E-state index contributed by atoms with van der Waals surface area (Å²) in [5.74, 6) is -0.751. The fraction of sp³-hybridized carbons (Fsp3) is 0.462. The molecule has 1 amide bonds. The molecule has 0 atom stereocenters. The van der Waals surface area contributed by atoms with Crippen LogP contribution in [0, 0.1) is 0 Å². The first-order chi connectivity index (χ1) is 10.1. The van der Waals surface area contributed by atoms with Gasteiger partial charge in [0.05, 0.1) is 17.0 Å². The second-order valence-corrected chi connectivity index (χ2v) is 6.58. The number of hydrogen-bond donors (Lipinski definition) is 1. The molecule has 1 aromatic rings. The highest BCUT2D eigenvalue weighted by Crippen LogP contribution is 2.36. The van der Waals surface area contributed by atoms with E-state index in [4.69, 9.17) is 0 Å². The van der Waals surface area contributed by atoms with Gasteiger partial charge in [0.25, 0.3) is 0 Å². The first kappa shape index (κ1) is 18.4. The molecular formula is C13H17F3N2O3S. The molecule has 0 aliphatic heterocycles. The molecule has 0 spiro atoms. The highest BCUT2D eigenvalue weighted by molar-refractivity contribution is 7.89. The topological polar surface area (TPSA) is 66.5 Å². The van der Waals surface area contributed by atoms with Gasteiger partial charge in [-0.2, -0.15) is 13.2 Å². The molecule has 22 heavy (non-hydrogen) atoms. The smallest absolute Gasteiger partial charge is 0.311 e. The van der Waals surface area contributed by atoms with E-state index in [2.05, 4.69) is 4.72 Å². The van der Waals surface area contributed by atoms with E-state index in [0.29, 0.717) is 0 Å². The molecule has 9 heteroatoms. The third-order valence-electron chi connectivity index (χ3n) is 2.92. The van der Waals surface area contributed by atoms with Crippen LogP contribution in [0.5, 0.6) is 0 Å². The maximum Gasteiger partial charge on any atom is 0.418 e. The molecule has 0 unspecified atom stereocenters. The molecule has 0 bridgehead atoms. The van der Waals surface area contributed by atoms with E-state index >= 15 is 0 Å². The molecule has 0 aliphatic rings. The Morgan fingerprint density at radius 1 is 1.27 bits per heavy atom. The van der Waals surface area contributed by atoms with Gasteiger partial charge in [-0.1, -0.05) is 12.1 Å². The fourth-order valence-corrected chi connectivity index (χ4v) is 2.42. The van der Waals surface area contributed by atoms with Gasteiger partial charge in [0.2, 0.25) is 15.9 Å². The summed E-state index contributed by atoms with van der Waals surface area (Å²) in [6.07, 6.45) is -4.60. The van der Waals surface area contributed by atoms with E-state index in [0.717, 1.165) is 17.9 Å². The Labute approximate surface area is 127 Å². The molecule has 0 saturated heterocycles. The number of nitrogens with one attached hydrogen (secondary N) is 1. The van der Waals surface area contributed by atoms with Gasteiger partial charge < -0.3 is 4.90 Å². The quantitative estimate of drug-likeness (QED) is 0.863. The lowest BCUT2D eigenvalue weighted by Crippen LogP contribution is -2.38. The first-order valence-electron chi connectivity index (χ1n) is 6.50. The molecule has 124 valence electrons. The summed E-state index contributed by atoms with van der Waals surface area (Å²) in [5, 5.41) is 0. The average Bonchev–Trinajstić information content (AvgIpc) is 2.42. The van der Waals surface area contributed by atoms with Gasteiger partial charge in [-0.3, -0.25) is 4.79 Å². The summed E-state index contributed by atoms with van der Waals surface area (Å²) < 4.78 is 63.8. The zero-order valence-electron chi connectivity index (χ0n) is 12.1. The van der Waals surface area contributed by atoms with Crippen LogP contribution in [-0.2, 0) is 21.0 Å². The lowest BCUT2D eigenvalue weighted by atomic mass is 10.1. The summed E-state index contributed by atoms with van der Waals surface area (Å²) in [4.78, 5) is 12.5. The Kier molecular flexibility index (Phi) is 5.95. The highest BCUT2D eigenvalue weighted by Gasteiger charge is 2.35. The van der Waals surface area contributed by atoms with Crippen molar-refractivity contribution in [2.45, 2.75) is 20.0 Å². The van der Waals surface area contributed by atoms with E-state index < -0.39 is 27.7 Å². The Balaban J connectivity index is 3.01. The third kappa shape index (κ3) is 4.99. The number of hydrogen-bond acceptors (Lipinski definition) is 3. The lowest BCUT2D eigenvalue weighted by Gasteiger charge is -2.24. The molecule has 1 N–H and O–H groups in total. The average molecular weight is 338 g/mol. The number of halogens is 3. The minimum atomic E-state index is -4.60. The van der Waals surface area contributed by atoms with Gasteiger partial charge in [-0.05, 0) is 19.1 Å². The molecule has 0 fully saturated rings. The van der Waals surface area contributed by atoms with E-state index in [1.54, 1.807) is 0 Å². The molecule has 0 saturated carbocycles. The van der Waals surface area contributed by atoms with Gasteiger partial charge >= 0.3 is 6.18 Å². The molecule has 0 aliphatic carbocycles. The Morgan fingerprint density at radius 3 is 2.36 bits per heavy atom.